The fraction of sp³-hybridized carbons (Fsp3) is 0.300. The van der Waals surface area contributed by atoms with E-state index in [0.717, 1.165) is 17.0 Å². The van der Waals surface area contributed by atoms with Gasteiger partial charge in [0.1, 0.15) is 18.2 Å². The van der Waals surface area contributed by atoms with Crippen LogP contribution < -0.4 is 10.1 Å². The molecule has 3 rings (SSSR count). The first-order chi connectivity index (χ1) is 12.4. The van der Waals surface area contributed by atoms with Gasteiger partial charge in [0.2, 0.25) is 0 Å². The fourth-order valence-electron chi connectivity index (χ4n) is 2.59. The second kappa shape index (κ2) is 7.74. The smallest absolute Gasteiger partial charge is 0.266 e. The van der Waals surface area contributed by atoms with E-state index in [1.807, 2.05) is 36.6 Å². The molecule has 2 heterocycles. The van der Waals surface area contributed by atoms with Crippen LogP contribution in [0.2, 0.25) is 0 Å². The standard InChI is InChI=1S/C20H23N3O2S/c1-13(2)16-5-7-17(8-6-16)25-11-15-10-18(26-12-15)20(24)21-19-9-14(3)22-23(19)4/h5-10,12-13H,11H2,1-4H3,(H,21,24). The molecule has 0 atom stereocenters. The number of benzene rings is 1. The Bertz CT molecular complexity index is 894. The third-order valence-corrected chi connectivity index (χ3v) is 5.05. The molecule has 0 aliphatic carbocycles. The van der Waals surface area contributed by atoms with E-state index in [-0.39, 0.29) is 5.91 Å². The second-order valence-electron chi connectivity index (χ2n) is 6.58. The number of thiophene rings is 1. The highest BCUT2D eigenvalue weighted by Crippen LogP contribution is 2.21. The van der Waals surface area contributed by atoms with Gasteiger partial charge in [-0.2, -0.15) is 5.10 Å². The summed E-state index contributed by atoms with van der Waals surface area (Å²) >= 11 is 1.41. The topological polar surface area (TPSA) is 56.1 Å². The number of anilines is 1. The number of carbonyl (C=O) groups is 1. The quantitative estimate of drug-likeness (QED) is 0.682. The van der Waals surface area contributed by atoms with Gasteiger partial charge in [-0.05, 0) is 42.0 Å². The van der Waals surface area contributed by atoms with Crippen molar-refractivity contribution in [3.05, 3.63) is 63.5 Å². The predicted molar refractivity (Wildman–Crippen MR) is 105 cm³/mol. The molecule has 0 fully saturated rings. The summed E-state index contributed by atoms with van der Waals surface area (Å²) in [4.78, 5) is 13.0. The number of aryl methyl sites for hydroxylation is 2. The molecule has 6 heteroatoms. The van der Waals surface area contributed by atoms with Crippen molar-refractivity contribution < 1.29 is 9.53 Å². The van der Waals surface area contributed by atoms with Crippen LogP contribution in [0, 0.1) is 6.92 Å². The number of nitrogens with one attached hydrogen (secondary N) is 1. The average molecular weight is 369 g/mol. The molecule has 136 valence electrons. The molecule has 0 spiro atoms. The van der Waals surface area contributed by atoms with E-state index in [1.54, 1.807) is 11.7 Å². The number of amides is 1. The van der Waals surface area contributed by atoms with Crippen LogP contribution >= 0.6 is 11.3 Å². The normalized spacial score (nSPS) is 11.0. The maximum atomic E-state index is 12.4. The zero-order valence-electron chi connectivity index (χ0n) is 15.4. The highest BCUT2D eigenvalue weighted by molar-refractivity contribution is 7.12. The molecular formula is C20H23N3O2S. The Morgan fingerprint density at radius 1 is 1.27 bits per heavy atom. The Hall–Kier alpha value is -2.60. The number of ether oxygens (including phenoxy) is 1. The number of rotatable bonds is 6. The van der Waals surface area contributed by atoms with E-state index in [0.29, 0.717) is 23.2 Å². The summed E-state index contributed by atoms with van der Waals surface area (Å²) in [6.45, 7) is 6.67. The van der Waals surface area contributed by atoms with Gasteiger partial charge in [-0.15, -0.1) is 11.3 Å². The molecular weight excluding hydrogens is 346 g/mol. The lowest BCUT2D eigenvalue weighted by Gasteiger charge is -2.08. The van der Waals surface area contributed by atoms with Crippen LogP contribution in [0.4, 0.5) is 5.82 Å². The first-order valence-electron chi connectivity index (χ1n) is 8.54. The molecule has 0 radical (unpaired) electrons. The summed E-state index contributed by atoms with van der Waals surface area (Å²) in [6.07, 6.45) is 0. The molecule has 0 bridgehead atoms. The van der Waals surface area contributed by atoms with Crippen LogP contribution in [-0.4, -0.2) is 15.7 Å². The summed E-state index contributed by atoms with van der Waals surface area (Å²) in [5.74, 6) is 1.89. The molecule has 3 aromatic rings. The van der Waals surface area contributed by atoms with E-state index in [2.05, 4.69) is 36.4 Å². The second-order valence-corrected chi connectivity index (χ2v) is 7.49. The molecule has 5 nitrogen and oxygen atoms in total. The van der Waals surface area contributed by atoms with Crippen LogP contribution in [-0.2, 0) is 13.7 Å². The van der Waals surface area contributed by atoms with Crippen LogP contribution in [0.1, 0.15) is 46.3 Å². The SMILES string of the molecule is Cc1cc(NC(=O)c2cc(COc3ccc(C(C)C)cc3)cs2)n(C)n1. The third kappa shape index (κ3) is 4.32. The summed E-state index contributed by atoms with van der Waals surface area (Å²) in [6, 6.07) is 11.9. The molecule has 2 aromatic heterocycles. The lowest BCUT2D eigenvalue weighted by Crippen LogP contribution is -2.13. The minimum atomic E-state index is -0.134. The van der Waals surface area contributed by atoms with Gasteiger partial charge in [0.05, 0.1) is 10.6 Å². The van der Waals surface area contributed by atoms with Crippen molar-refractivity contribution in [1.82, 2.24) is 9.78 Å². The molecule has 0 aliphatic heterocycles. The van der Waals surface area contributed by atoms with E-state index >= 15 is 0 Å². The van der Waals surface area contributed by atoms with Gasteiger partial charge < -0.3 is 10.1 Å². The van der Waals surface area contributed by atoms with Gasteiger partial charge in [0, 0.05) is 18.7 Å². The maximum absolute atomic E-state index is 12.4. The number of nitrogens with zero attached hydrogens (tertiary/aromatic N) is 2. The van der Waals surface area contributed by atoms with Gasteiger partial charge in [-0.1, -0.05) is 26.0 Å². The van der Waals surface area contributed by atoms with E-state index in [4.69, 9.17) is 4.74 Å². The number of hydrogen-bond donors (Lipinski definition) is 1. The van der Waals surface area contributed by atoms with Gasteiger partial charge in [0.15, 0.2) is 0 Å². The largest absolute Gasteiger partial charge is 0.489 e. The lowest BCUT2D eigenvalue weighted by molar-refractivity contribution is 0.102. The predicted octanol–water partition coefficient (Wildman–Crippen LogP) is 4.74. The minimum absolute atomic E-state index is 0.134. The monoisotopic (exact) mass is 369 g/mol. The molecule has 0 unspecified atom stereocenters. The Labute approximate surface area is 157 Å². The summed E-state index contributed by atoms with van der Waals surface area (Å²) in [5, 5.41) is 9.06. The van der Waals surface area contributed by atoms with Crippen molar-refractivity contribution in [3.63, 3.8) is 0 Å². The van der Waals surface area contributed by atoms with Crippen LogP contribution in [0.15, 0.2) is 41.8 Å². The highest BCUT2D eigenvalue weighted by Gasteiger charge is 2.12. The minimum Gasteiger partial charge on any atom is -0.489 e. The molecule has 1 N–H and O–H groups in total. The molecule has 0 aliphatic rings. The van der Waals surface area contributed by atoms with Crippen molar-refractivity contribution in [3.8, 4) is 5.75 Å². The molecule has 0 saturated heterocycles. The first-order valence-corrected chi connectivity index (χ1v) is 9.42. The van der Waals surface area contributed by atoms with Crippen molar-refractivity contribution in [1.29, 1.82) is 0 Å². The fourth-order valence-corrected chi connectivity index (χ4v) is 3.38. The van der Waals surface area contributed by atoms with Gasteiger partial charge in [-0.3, -0.25) is 9.48 Å². The van der Waals surface area contributed by atoms with E-state index < -0.39 is 0 Å². The van der Waals surface area contributed by atoms with Crippen LogP contribution in [0.5, 0.6) is 5.75 Å². The first kappa shape index (κ1) is 18.2. The molecule has 1 amide bonds. The van der Waals surface area contributed by atoms with Crippen LogP contribution in [0.25, 0.3) is 0 Å². The van der Waals surface area contributed by atoms with Crippen molar-refractivity contribution in [2.45, 2.75) is 33.3 Å². The van der Waals surface area contributed by atoms with Crippen molar-refractivity contribution >= 4 is 23.1 Å². The van der Waals surface area contributed by atoms with Gasteiger partial charge in [-0.25, -0.2) is 0 Å². The zero-order valence-corrected chi connectivity index (χ0v) is 16.3. The Balaban J connectivity index is 1.59. The van der Waals surface area contributed by atoms with E-state index in [9.17, 15) is 4.79 Å². The van der Waals surface area contributed by atoms with Crippen LogP contribution in [0.3, 0.4) is 0 Å². The number of carbonyl (C=O) groups excluding carboxylic acids is 1. The molecule has 0 saturated carbocycles. The maximum Gasteiger partial charge on any atom is 0.266 e. The Kier molecular flexibility index (Phi) is 5.42. The molecule has 26 heavy (non-hydrogen) atoms. The van der Waals surface area contributed by atoms with E-state index in [1.165, 1.54) is 16.9 Å². The van der Waals surface area contributed by atoms with Gasteiger partial charge in [0.25, 0.3) is 5.91 Å². The highest BCUT2D eigenvalue weighted by atomic mass is 32.1. The Morgan fingerprint density at radius 3 is 2.62 bits per heavy atom. The van der Waals surface area contributed by atoms with Crippen molar-refractivity contribution in [2.75, 3.05) is 5.32 Å². The zero-order chi connectivity index (χ0) is 18.7. The summed E-state index contributed by atoms with van der Waals surface area (Å²) < 4.78 is 7.48. The van der Waals surface area contributed by atoms with Crippen molar-refractivity contribution in [2.24, 2.45) is 7.05 Å². The summed E-state index contributed by atoms with van der Waals surface area (Å²) in [7, 11) is 1.81. The summed E-state index contributed by atoms with van der Waals surface area (Å²) in [5.41, 5.74) is 3.14. The van der Waals surface area contributed by atoms with Gasteiger partial charge >= 0.3 is 0 Å². The average Bonchev–Trinajstić information content (AvgIpc) is 3.20. The Morgan fingerprint density at radius 2 is 2.00 bits per heavy atom. The molecule has 1 aromatic carbocycles. The third-order valence-electron chi connectivity index (χ3n) is 4.07. The number of hydrogen-bond acceptors (Lipinski definition) is 4. The number of aromatic nitrogens is 2. The lowest BCUT2D eigenvalue weighted by atomic mass is 10.0.